The second-order valence-electron chi connectivity index (χ2n) is 3.63. The topological polar surface area (TPSA) is 52.3 Å². The Balaban J connectivity index is 2.41. The van der Waals surface area contributed by atoms with Crippen molar-refractivity contribution in [1.29, 1.82) is 0 Å². The van der Waals surface area contributed by atoms with E-state index < -0.39 is 11.8 Å². The normalized spacial score (nSPS) is 10.4. The van der Waals surface area contributed by atoms with Crippen molar-refractivity contribution in [1.82, 2.24) is 4.98 Å². The van der Waals surface area contributed by atoms with Crippen molar-refractivity contribution >= 4 is 5.97 Å². The highest BCUT2D eigenvalue weighted by molar-refractivity contribution is 5.87. The standard InChI is InChI=1S/C13H12FNO3/c1-3-17-13(16)11-8(2)15-12(18-11)9-6-4-5-7-10(9)14/h4-7H,3H2,1-2H3. The average Bonchev–Trinajstić information content (AvgIpc) is 2.72. The van der Waals surface area contributed by atoms with E-state index in [4.69, 9.17) is 9.15 Å². The van der Waals surface area contributed by atoms with Gasteiger partial charge in [-0.3, -0.25) is 0 Å². The third-order valence-electron chi connectivity index (χ3n) is 2.36. The Morgan fingerprint density at radius 1 is 1.44 bits per heavy atom. The van der Waals surface area contributed by atoms with Gasteiger partial charge >= 0.3 is 5.97 Å². The molecular formula is C13H12FNO3. The Morgan fingerprint density at radius 3 is 2.83 bits per heavy atom. The molecule has 0 aliphatic heterocycles. The van der Waals surface area contributed by atoms with E-state index in [0.29, 0.717) is 5.69 Å². The highest BCUT2D eigenvalue weighted by atomic mass is 19.1. The number of oxazole rings is 1. The zero-order valence-electron chi connectivity index (χ0n) is 10.1. The Bertz CT molecular complexity index is 577. The maximum Gasteiger partial charge on any atom is 0.376 e. The number of aryl methyl sites for hydroxylation is 1. The van der Waals surface area contributed by atoms with Gasteiger partial charge in [0.25, 0.3) is 0 Å². The molecule has 0 spiro atoms. The van der Waals surface area contributed by atoms with Gasteiger partial charge in [-0.05, 0) is 26.0 Å². The lowest BCUT2D eigenvalue weighted by atomic mass is 10.2. The molecule has 4 nitrogen and oxygen atoms in total. The molecular weight excluding hydrogens is 237 g/mol. The molecule has 0 atom stereocenters. The van der Waals surface area contributed by atoms with Crippen LogP contribution in [0.2, 0.25) is 0 Å². The Morgan fingerprint density at radius 2 is 2.17 bits per heavy atom. The largest absolute Gasteiger partial charge is 0.460 e. The summed E-state index contributed by atoms with van der Waals surface area (Å²) in [7, 11) is 0. The van der Waals surface area contributed by atoms with Crippen molar-refractivity contribution < 1.29 is 18.3 Å². The molecule has 0 aliphatic carbocycles. The van der Waals surface area contributed by atoms with Crippen molar-refractivity contribution in [3.8, 4) is 11.5 Å². The zero-order valence-corrected chi connectivity index (χ0v) is 10.1. The second-order valence-corrected chi connectivity index (χ2v) is 3.63. The number of carbonyl (C=O) groups is 1. The van der Waals surface area contributed by atoms with Crippen LogP contribution in [-0.4, -0.2) is 17.6 Å². The zero-order chi connectivity index (χ0) is 13.1. The summed E-state index contributed by atoms with van der Waals surface area (Å²) >= 11 is 0. The first-order valence-electron chi connectivity index (χ1n) is 5.53. The molecule has 0 amide bonds. The molecule has 2 rings (SSSR count). The number of ether oxygens (including phenoxy) is 1. The fourth-order valence-electron chi connectivity index (χ4n) is 1.53. The van der Waals surface area contributed by atoms with Crippen LogP contribution in [0.5, 0.6) is 0 Å². The lowest BCUT2D eigenvalue weighted by Crippen LogP contribution is -2.04. The predicted octanol–water partition coefficient (Wildman–Crippen LogP) is 2.97. The summed E-state index contributed by atoms with van der Waals surface area (Å²) in [4.78, 5) is 15.6. The minimum atomic E-state index is -0.593. The maximum atomic E-state index is 13.5. The van der Waals surface area contributed by atoms with Gasteiger partial charge in [-0.25, -0.2) is 14.2 Å². The van der Waals surface area contributed by atoms with E-state index in [1.165, 1.54) is 12.1 Å². The number of halogens is 1. The van der Waals surface area contributed by atoms with Crippen molar-refractivity contribution in [3.05, 3.63) is 41.5 Å². The number of rotatable bonds is 3. The van der Waals surface area contributed by atoms with Crippen molar-refractivity contribution in [3.63, 3.8) is 0 Å². The van der Waals surface area contributed by atoms with Gasteiger partial charge in [-0.2, -0.15) is 0 Å². The second kappa shape index (κ2) is 5.00. The van der Waals surface area contributed by atoms with Crippen molar-refractivity contribution in [2.24, 2.45) is 0 Å². The van der Waals surface area contributed by atoms with E-state index in [-0.39, 0.29) is 23.8 Å². The lowest BCUT2D eigenvalue weighted by Gasteiger charge is -1.98. The minimum Gasteiger partial charge on any atom is -0.460 e. The highest BCUT2D eigenvalue weighted by Gasteiger charge is 2.20. The minimum absolute atomic E-state index is 0.00935. The molecule has 1 aromatic heterocycles. The van der Waals surface area contributed by atoms with Crippen LogP contribution in [0.3, 0.4) is 0 Å². The quantitative estimate of drug-likeness (QED) is 0.785. The first-order chi connectivity index (χ1) is 8.63. The van der Waals surface area contributed by atoms with Gasteiger partial charge in [-0.1, -0.05) is 12.1 Å². The molecule has 0 aliphatic rings. The number of hydrogen-bond acceptors (Lipinski definition) is 4. The highest BCUT2D eigenvalue weighted by Crippen LogP contribution is 2.24. The molecule has 18 heavy (non-hydrogen) atoms. The molecule has 0 N–H and O–H groups in total. The fraction of sp³-hybridized carbons (Fsp3) is 0.231. The van der Waals surface area contributed by atoms with Crippen molar-refractivity contribution in [2.75, 3.05) is 6.61 Å². The Labute approximate surface area is 103 Å². The van der Waals surface area contributed by atoms with Gasteiger partial charge in [0.2, 0.25) is 11.7 Å². The summed E-state index contributed by atoms with van der Waals surface area (Å²) in [6.45, 7) is 3.55. The lowest BCUT2D eigenvalue weighted by molar-refractivity contribution is 0.0490. The van der Waals surface area contributed by atoms with Gasteiger partial charge in [0.1, 0.15) is 5.82 Å². The molecule has 1 heterocycles. The number of aromatic nitrogens is 1. The first kappa shape index (κ1) is 12.3. The molecule has 0 saturated heterocycles. The van der Waals surface area contributed by atoms with Crippen LogP contribution in [0, 0.1) is 12.7 Å². The molecule has 94 valence electrons. The molecule has 1 aromatic carbocycles. The maximum absolute atomic E-state index is 13.5. The SMILES string of the molecule is CCOC(=O)c1oc(-c2ccccc2F)nc1C. The van der Waals surface area contributed by atoms with Crippen LogP contribution in [0.4, 0.5) is 4.39 Å². The molecule has 0 saturated carbocycles. The van der Waals surface area contributed by atoms with Crippen LogP contribution >= 0.6 is 0 Å². The average molecular weight is 249 g/mol. The van der Waals surface area contributed by atoms with Gasteiger partial charge in [0.15, 0.2) is 0 Å². The van der Waals surface area contributed by atoms with Crippen LogP contribution < -0.4 is 0 Å². The molecule has 0 fully saturated rings. The van der Waals surface area contributed by atoms with Crippen LogP contribution in [-0.2, 0) is 4.74 Å². The van der Waals surface area contributed by atoms with Gasteiger partial charge < -0.3 is 9.15 Å². The summed E-state index contributed by atoms with van der Waals surface area (Å²) in [5.41, 5.74) is 0.600. The number of benzene rings is 1. The summed E-state index contributed by atoms with van der Waals surface area (Å²) in [5, 5.41) is 0. The van der Waals surface area contributed by atoms with Crippen LogP contribution in [0.25, 0.3) is 11.5 Å². The predicted molar refractivity (Wildman–Crippen MR) is 62.6 cm³/mol. The smallest absolute Gasteiger partial charge is 0.376 e. The number of carbonyl (C=O) groups excluding carboxylic acids is 1. The summed E-state index contributed by atoms with van der Waals surface area (Å²) in [6.07, 6.45) is 0. The third-order valence-corrected chi connectivity index (χ3v) is 2.36. The summed E-state index contributed by atoms with van der Waals surface area (Å²) < 4.78 is 23.6. The van der Waals surface area contributed by atoms with E-state index >= 15 is 0 Å². The van der Waals surface area contributed by atoms with Gasteiger partial charge in [-0.15, -0.1) is 0 Å². The molecule has 0 bridgehead atoms. The number of hydrogen-bond donors (Lipinski definition) is 0. The Hall–Kier alpha value is -2.17. The summed E-state index contributed by atoms with van der Waals surface area (Å²) in [5.74, 6) is -0.956. The fourth-order valence-corrected chi connectivity index (χ4v) is 1.53. The van der Waals surface area contributed by atoms with Crippen LogP contribution in [0.15, 0.2) is 28.7 Å². The van der Waals surface area contributed by atoms with E-state index in [9.17, 15) is 9.18 Å². The molecule has 2 aromatic rings. The molecule has 5 heteroatoms. The molecule has 0 unspecified atom stereocenters. The summed E-state index contributed by atoms with van der Waals surface area (Å²) in [6, 6.07) is 6.08. The van der Waals surface area contributed by atoms with Gasteiger partial charge in [0.05, 0.1) is 17.9 Å². The third kappa shape index (κ3) is 2.25. The monoisotopic (exact) mass is 249 g/mol. The van der Waals surface area contributed by atoms with Gasteiger partial charge in [0, 0.05) is 0 Å². The number of esters is 1. The van der Waals surface area contributed by atoms with E-state index in [1.807, 2.05) is 0 Å². The molecule has 0 radical (unpaired) electrons. The number of nitrogens with zero attached hydrogens (tertiary/aromatic N) is 1. The van der Waals surface area contributed by atoms with Crippen molar-refractivity contribution in [2.45, 2.75) is 13.8 Å². The van der Waals surface area contributed by atoms with E-state index in [1.54, 1.807) is 26.0 Å². The van der Waals surface area contributed by atoms with E-state index in [0.717, 1.165) is 0 Å². The van der Waals surface area contributed by atoms with Crippen LogP contribution in [0.1, 0.15) is 23.2 Å². The Kier molecular flexibility index (Phi) is 3.41. The van der Waals surface area contributed by atoms with E-state index in [2.05, 4.69) is 4.98 Å². The first-order valence-corrected chi connectivity index (χ1v) is 5.53.